The lowest BCUT2D eigenvalue weighted by Gasteiger charge is -2.21. The van der Waals surface area contributed by atoms with Crippen molar-refractivity contribution in [2.24, 2.45) is 0 Å². The van der Waals surface area contributed by atoms with Gasteiger partial charge in [-0.15, -0.1) is 0 Å². The first-order valence-electron chi connectivity index (χ1n) is 5.29. The monoisotopic (exact) mass is 228 g/mol. The largest absolute Gasteiger partial charge is 0.480 e. The fourth-order valence-corrected chi connectivity index (χ4v) is 1.81. The Morgan fingerprint density at radius 3 is 2.69 bits per heavy atom. The minimum Gasteiger partial charge on any atom is -0.480 e. The van der Waals surface area contributed by atoms with Gasteiger partial charge in [-0.3, -0.25) is 9.59 Å². The highest BCUT2D eigenvalue weighted by molar-refractivity contribution is 5.84. The van der Waals surface area contributed by atoms with Gasteiger partial charge in [-0.1, -0.05) is 0 Å². The third kappa shape index (κ3) is 3.22. The first-order valence-corrected chi connectivity index (χ1v) is 5.29. The molecule has 0 aromatic carbocycles. The lowest BCUT2D eigenvalue weighted by atomic mass is 10.2. The van der Waals surface area contributed by atoms with E-state index in [2.05, 4.69) is 5.32 Å². The van der Waals surface area contributed by atoms with Gasteiger partial charge in [-0.2, -0.15) is 0 Å². The summed E-state index contributed by atoms with van der Waals surface area (Å²) < 4.78 is 0. The van der Waals surface area contributed by atoms with Gasteiger partial charge in [0, 0.05) is 26.4 Å². The van der Waals surface area contributed by atoms with E-state index in [0.29, 0.717) is 13.0 Å². The second-order valence-electron chi connectivity index (χ2n) is 3.82. The van der Waals surface area contributed by atoms with Crippen LogP contribution in [0.1, 0.15) is 26.2 Å². The maximum absolute atomic E-state index is 11.7. The van der Waals surface area contributed by atoms with Crippen molar-refractivity contribution < 1.29 is 19.5 Å². The average molecular weight is 228 g/mol. The molecule has 1 aliphatic rings. The van der Waals surface area contributed by atoms with Crippen LogP contribution in [0.5, 0.6) is 0 Å². The van der Waals surface area contributed by atoms with Crippen LogP contribution in [0.15, 0.2) is 0 Å². The molecule has 0 aliphatic carbocycles. The van der Waals surface area contributed by atoms with E-state index in [1.165, 1.54) is 11.8 Å². The van der Waals surface area contributed by atoms with E-state index in [9.17, 15) is 14.4 Å². The summed E-state index contributed by atoms with van der Waals surface area (Å²) in [5.41, 5.74) is 0. The summed E-state index contributed by atoms with van der Waals surface area (Å²) in [4.78, 5) is 34.5. The van der Waals surface area contributed by atoms with E-state index < -0.39 is 12.0 Å². The fraction of sp³-hybridized carbons (Fsp3) is 0.700. The van der Waals surface area contributed by atoms with E-state index >= 15 is 0 Å². The lowest BCUT2D eigenvalue weighted by molar-refractivity contribution is -0.148. The molecular formula is C10H16N2O4. The number of carboxylic acids is 1. The second kappa shape index (κ2) is 5.48. The quantitative estimate of drug-likeness (QED) is 0.684. The predicted molar refractivity (Wildman–Crippen MR) is 55.7 cm³/mol. The normalized spacial score (nSPS) is 19.6. The number of amides is 2. The Morgan fingerprint density at radius 1 is 1.44 bits per heavy atom. The molecule has 2 N–H and O–H groups in total. The molecule has 0 bridgehead atoms. The molecule has 1 atom stereocenters. The first kappa shape index (κ1) is 12.5. The maximum Gasteiger partial charge on any atom is 0.326 e. The third-order valence-electron chi connectivity index (χ3n) is 2.57. The van der Waals surface area contributed by atoms with Gasteiger partial charge >= 0.3 is 5.97 Å². The summed E-state index contributed by atoms with van der Waals surface area (Å²) in [6, 6.07) is -0.690. The van der Waals surface area contributed by atoms with Crippen LogP contribution < -0.4 is 5.32 Å². The Kier molecular flexibility index (Phi) is 4.28. The molecule has 16 heavy (non-hydrogen) atoms. The summed E-state index contributed by atoms with van der Waals surface area (Å²) in [5.74, 6) is -1.35. The minimum absolute atomic E-state index is 0.156. The molecule has 0 unspecified atom stereocenters. The summed E-state index contributed by atoms with van der Waals surface area (Å²) in [7, 11) is 0. The molecule has 1 saturated heterocycles. The van der Waals surface area contributed by atoms with Crippen molar-refractivity contribution in [3.05, 3.63) is 0 Å². The molecule has 0 aromatic heterocycles. The van der Waals surface area contributed by atoms with Crippen LogP contribution in [0.2, 0.25) is 0 Å². The lowest BCUT2D eigenvalue weighted by Crippen LogP contribution is -2.41. The van der Waals surface area contributed by atoms with Crippen molar-refractivity contribution >= 4 is 17.8 Å². The Hall–Kier alpha value is -1.59. The van der Waals surface area contributed by atoms with Crippen LogP contribution in [0, 0.1) is 0 Å². The second-order valence-corrected chi connectivity index (χ2v) is 3.82. The van der Waals surface area contributed by atoms with Gasteiger partial charge in [0.25, 0.3) is 0 Å². The average Bonchev–Trinajstić information content (AvgIpc) is 2.65. The summed E-state index contributed by atoms with van der Waals surface area (Å²) in [5, 5.41) is 11.4. The van der Waals surface area contributed by atoms with E-state index in [1.54, 1.807) is 0 Å². The van der Waals surface area contributed by atoms with Gasteiger partial charge in [0.15, 0.2) is 0 Å². The molecule has 0 aromatic rings. The molecule has 90 valence electrons. The van der Waals surface area contributed by atoms with Gasteiger partial charge < -0.3 is 15.3 Å². The smallest absolute Gasteiger partial charge is 0.326 e. The van der Waals surface area contributed by atoms with Crippen molar-refractivity contribution in [2.75, 3.05) is 13.1 Å². The molecule has 1 heterocycles. The number of carboxylic acid groups (broad SMARTS) is 1. The number of carbonyl (C=O) groups excluding carboxylic acids is 2. The Balaban J connectivity index is 2.41. The molecule has 6 nitrogen and oxygen atoms in total. The molecule has 0 spiro atoms. The zero-order valence-electron chi connectivity index (χ0n) is 9.23. The van der Waals surface area contributed by atoms with E-state index in [1.807, 2.05) is 0 Å². The maximum atomic E-state index is 11.7. The summed E-state index contributed by atoms with van der Waals surface area (Å²) in [6.45, 7) is 2.13. The van der Waals surface area contributed by atoms with Crippen LogP contribution in [0.4, 0.5) is 0 Å². The first-order chi connectivity index (χ1) is 7.52. The van der Waals surface area contributed by atoms with Crippen molar-refractivity contribution in [1.29, 1.82) is 0 Å². The fourth-order valence-electron chi connectivity index (χ4n) is 1.81. The number of carbonyl (C=O) groups is 3. The molecule has 6 heteroatoms. The van der Waals surface area contributed by atoms with Crippen LogP contribution in [-0.4, -0.2) is 46.9 Å². The molecule has 0 saturated carbocycles. The predicted octanol–water partition coefficient (Wildman–Crippen LogP) is -0.412. The number of hydrogen-bond donors (Lipinski definition) is 2. The number of nitrogens with one attached hydrogen (secondary N) is 1. The standard InChI is InChI=1S/C10H16N2O4/c1-7(13)11-5-4-9(14)12-6-2-3-8(12)10(15)16/h8H,2-6H2,1H3,(H,11,13)(H,15,16)/t8-/m1/s1. The molecular weight excluding hydrogens is 212 g/mol. The Labute approximate surface area is 93.6 Å². The van der Waals surface area contributed by atoms with Gasteiger partial charge in [0.2, 0.25) is 11.8 Å². The highest BCUT2D eigenvalue weighted by Gasteiger charge is 2.33. The van der Waals surface area contributed by atoms with Crippen molar-refractivity contribution in [3.8, 4) is 0 Å². The highest BCUT2D eigenvalue weighted by atomic mass is 16.4. The van der Waals surface area contributed by atoms with Gasteiger partial charge in [-0.25, -0.2) is 4.79 Å². The van der Waals surface area contributed by atoms with Gasteiger partial charge in [-0.05, 0) is 12.8 Å². The van der Waals surface area contributed by atoms with E-state index in [4.69, 9.17) is 5.11 Å². The van der Waals surface area contributed by atoms with Crippen LogP contribution in [-0.2, 0) is 14.4 Å². The minimum atomic E-state index is -0.953. The van der Waals surface area contributed by atoms with Crippen LogP contribution in [0.25, 0.3) is 0 Å². The summed E-state index contributed by atoms with van der Waals surface area (Å²) >= 11 is 0. The van der Waals surface area contributed by atoms with Crippen molar-refractivity contribution in [1.82, 2.24) is 10.2 Å². The van der Waals surface area contributed by atoms with E-state index in [0.717, 1.165) is 6.42 Å². The molecule has 1 fully saturated rings. The molecule has 2 amide bonds. The molecule has 1 rings (SSSR count). The number of aliphatic carboxylic acids is 1. The molecule has 1 aliphatic heterocycles. The zero-order valence-corrected chi connectivity index (χ0v) is 9.23. The number of rotatable bonds is 4. The van der Waals surface area contributed by atoms with E-state index in [-0.39, 0.29) is 24.8 Å². The Bertz CT molecular complexity index is 303. The highest BCUT2D eigenvalue weighted by Crippen LogP contribution is 2.18. The number of hydrogen-bond acceptors (Lipinski definition) is 3. The van der Waals surface area contributed by atoms with Crippen molar-refractivity contribution in [3.63, 3.8) is 0 Å². The topological polar surface area (TPSA) is 86.7 Å². The van der Waals surface area contributed by atoms with Crippen LogP contribution in [0.3, 0.4) is 0 Å². The molecule has 0 radical (unpaired) electrons. The zero-order chi connectivity index (χ0) is 12.1. The summed E-state index contributed by atoms with van der Waals surface area (Å²) in [6.07, 6.45) is 1.40. The van der Waals surface area contributed by atoms with Gasteiger partial charge in [0.1, 0.15) is 6.04 Å². The van der Waals surface area contributed by atoms with Crippen LogP contribution >= 0.6 is 0 Å². The Morgan fingerprint density at radius 2 is 2.12 bits per heavy atom. The third-order valence-corrected chi connectivity index (χ3v) is 2.57. The SMILES string of the molecule is CC(=O)NCCC(=O)N1CCC[C@@H]1C(=O)O. The van der Waals surface area contributed by atoms with Crippen molar-refractivity contribution in [2.45, 2.75) is 32.2 Å². The van der Waals surface area contributed by atoms with Gasteiger partial charge in [0.05, 0.1) is 0 Å². The number of nitrogens with zero attached hydrogens (tertiary/aromatic N) is 1. The number of likely N-dealkylation sites (tertiary alicyclic amines) is 1.